The normalized spacial score (nSPS) is 23.7. The molecule has 0 aromatic carbocycles. The summed E-state index contributed by atoms with van der Waals surface area (Å²) < 4.78 is 0. The zero-order chi connectivity index (χ0) is 22.1. The summed E-state index contributed by atoms with van der Waals surface area (Å²) in [6.45, 7) is 3.94. The summed E-state index contributed by atoms with van der Waals surface area (Å²) in [5, 5.41) is 2.60. The van der Waals surface area contributed by atoms with E-state index in [4.69, 9.17) is 4.98 Å². The highest BCUT2D eigenvalue weighted by Crippen LogP contribution is 2.36. The summed E-state index contributed by atoms with van der Waals surface area (Å²) in [6, 6.07) is 4.32. The number of carbonyl (C=O) groups is 1. The van der Waals surface area contributed by atoms with Crippen LogP contribution in [0.4, 0.5) is 5.69 Å². The molecule has 2 aromatic heterocycles. The van der Waals surface area contributed by atoms with E-state index >= 15 is 0 Å². The molecule has 3 aliphatic rings. The Balaban J connectivity index is 1.18. The number of pyridine rings is 1. The molecule has 8 nitrogen and oxygen atoms in total. The van der Waals surface area contributed by atoms with Gasteiger partial charge >= 0.3 is 0 Å². The van der Waals surface area contributed by atoms with Gasteiger partial charge in [-0.2, -0.15) is 0 Å². The number of H-pyrrole nitrogens is 1. The van der Waals surface area contributed by atoms with Crippen LogP contribution in [-0.4, -0.2) is 65.0 Å². The summed E-state index contributed by atoms with van der Waals surface area (Å²) in [5.41, 5.74) is 3.57. The maximum atomic E-state index is 12.5. The van der Waals surface area contributed by atoms with Gasteiger partial charge in [-0.05, 0) is 57.1 Å². The fourth-order valence-electron chi connectivity index (χ4n) is 5.53. The summed E-state index contributed by atoms with van der Waals surface area (Å²) in [5.74, 6) is 1.12. The number of aromatic nitrogens is 3. The van der Waals surface area contributed by atoms with Crippen LogP contribution in [0.15, 0.2) is 23.1 Å². The molecule has 0 bridgehead atoms. The molecule has 3 heterocycles. The predicted molar refractivity (Wildman–Crippen MR) is 123 cm³/mol. The lowest BCUT2D eigenvalue weighted by Crippen LogP contribution is -2.49. The Hall–Kier alpha value is -2.74. The number of aromatic amines is 1. The molecular formula is C24H32N6O2. The minimum atomic E-state index is -0.160. The van der Waals surface area contributed by atoms with Crippen molar-refractivity contribution in [1.82, 2.24) is 25.2 Å². The van der Waals surface area contributed by atoms with Crippen molar-refractivity contribution in [2.45, 2.75) is 56.9 Å². The number of anilines is 1. The lowest BCUT2D eigenvalue weighted by molar-refractivity contribution is 0.0958. The SMILES string of the molecule is CNC(=O)c1ccc(N2CCN([C@H]3CC[C@@H](c4nc5c(c(=O)[nH]4)CCCC5)C3)CC2)cn1. The van der Waals surface area contributed by atoms with Gasteiger partial charge in [0, 0.05) is 50.7 Å². The van der Waals surface area contributed by atoms with Crippen molar-refractivity contribution >= 4 is 11.6 Å². The number of fused-ring (bicyclic) bond motifs is 1. The first kappa shape index (κ1) is 21.1. The van der Waals surface area contributed by atoms with Gasteiger partial charge in [0.25, 0.3) is 11.5 Å². The smallest absolute Gasteiger partial charge is 0.269 e. The summed E-state index contributed by atoms with van der Waals surface area (Å²) in [7, 11) is 1.62. The van der Waals surface area contributed by atoms with Gasteiger partial charge in [0.2, 0.25) is 0 Å². The number of aryl methyl sites for hydroxylation is 1. The fourth-order valence-corrected chi connectivity index (χ4v) is 5.53. The van der Waals surface area contributed by atoms with E-state index in [1.54, 1.807) is 19.3 Å². The van der Waals surface area contributed by atoms with E-state index in [-0.39, 0.29) is 11.5 Å². The molecule has 0 spiro atoms. The predicted octanol–water partition coefficient (Wildman–Crippen LogP) is 1.86. The van der Waals surface area contributed by atoms with Crippen LogP contribution in [0.25, 0.3) is 0 Å². The molecule has 1 saturated carbocycles. The molecule has 1 saturated heterocycles. The fraction of sp³-hybridized carbons (Fsp3) is 0.583. The van der Waals surface area contributed by atoms with Gasteiger partial charge < -0.3 is 15.2 Å². The lowest BCUT2D eigenvalue weighted by atomic mass is 9.96. The molecule has 2 aromatic rings. The third-order valence-electron chi connectivity index (χ3n) is 7.40. The highest BCUT2D eigenvalue weighted by molar-refractivity contribution is 5.92. The van der Waals surface area contributed by atoms with Crippen molar-refractivity contribution < 1.29 is 4.79 Å². The van der Waals surface area contributed by atoms with E-state index in [0.717, 1.165) is 93.9 Å². The van der Waals surface area contributed by atoms with Gasteiger partial charge in [0.1, 0.15) is 11.5 Å². The number of rotatable bonds is 4. The van der Waals surface area contributed by atoms with Crippen LogP contribution in [0.5, 0.6) is 0 Å². The van der Waals surface area contributed by atoms with E-state index in [9.17, 15) is 9.59 Å². The van der Waals surface area contributed by atoms with E-state index < -0.39 is 0 Å². The van der Waals surface area contributed by atoms with Gasteiger partial charge in [-0.3, -0.25) is 14.5 Å². The summed E-state index contributed by atoms with van der Waals surface area (Å²) >= 11 is 0. The monoisotopic (exact) mass is 436 g/mol. The van der Waals surface area contributed by atoms with Gasteiger partial charge in [-0.15, -0.1) is 0 Å². The second-order valence-corrected chi connectivity index (χ2v) is 9.25. The average molecular weight is 437 g/mol. The van der Waals surface area contributed by atoms with Crippen molar-refractivity contribution in [3.63, 3.8) is 0 Å². The van der Waals surface area contributed by atoms with Gasteiger partial charge in [0.15, 0.2) is 0 Å². The first-order chi connectivity index (χ1) is 15.6. The van der Waals surface area contributed by atoms with Crippen molar-refractivity contribution in [3.05, 3.63) is 51.5 Å². The van der Waals surface area contributed by atoms with Crippen LogP contribution in [0.1, 0.15) is 65.6 Å². The second-order valence-electron chi connectivity index (χ2n) is 9.25. The van der Waals surface area contributed by atoms with E-state index in [2.05, 4.69) is 25.1 Å². The number of amides is 1. The molecule has 2 aliphatic carbocycles. The standard InChI is InChI=1S/C24H32N6O2/c1-25-24(32)21-9-8-18(15-26-21)30-12-10-29(11-13-30)17-7-6-16(14-17)22-27-20-5-3-2-4-19(20)23(31)28-22/h8-9,15-17H,2-7,10-14H2,1H3,(H,25,32)(H,27,28,31)/t16-,17+/m1/s1. The Labute approximate surface area is 188 Å². The number of nitrogens with zero attached hydrogens (tertiary/aromatic N) is 4. The minimum absolute atomic E-state index is 0.0952. The molecule has 0 unspecified atom stereocenters. The first-order valence-corrected chi connectivity index (χ1v) is 11.9. The topological polar surface area (TPSA) is 94.2 Å². The third-order valence-corrected chi connectivity index (χ3v) is 7.40. The van der Waals surface area contributed by atoms with Crippen LogP contribution >= 0.6 is 0 Å². The summed E-state index contributed by atoms with van der Waals surface area (Å²) in [4.78, 5) is 41.5. The largest absolute Gasteiger partial charge is 0.368 e. The quantitative estimate of drug-likeness (QED) is 0.760. The Morgan fingerprint density at radius 3 is 2.69 bits per heavy atom. The maximum absolute atomic E-state index is 12.5. The van der Waals surface area contributed by atoms with Crippen molar-refractivity contribution in [2.24, 2.45) is 0 Å². The van der Waals surface area contributed by atoms with Crippen LogP contribution in [0.2, 0.25) is 0 Å². The van der Waals surface area contributed by atoms with Gasteiger partial charge in [-0.25, -0.2) is 9.97 Å². The molecule has 8 heteroatoms. The third kappa shape index (κ3) is 4.16. The molecule has 5 rings (SSSR count). The Bertz CT molecular complexity index is 1030. The molecule has 1 aliphatic heterocycles. The van der Waals surface area contributed by atoms with Gasteiger partial charge in [0.05, 0.1) is 17.6 Å². The zero-order valence-electron chi connectivity index (χ0n) is 18.8. The Morgan fingerprint density at radius 2 is 1.94 bits per heavy atom. The van der Waals surface area contributed by atoms with Crippen LogP contribution < -0.4 is 15.8 Å². The molecule has 2 fully saturated rings. The number of piperazine rings is 1. The minimum Gasteiger partial charge on any atom is -0.368 e. The van der Waals surface area contributed by atoms with Crippen LogP contribution in [0, 0.1) is 0 Å². The van der Waals surface area contributed by atoms with Crippen molar-refractivity contribution in [2.75, 3.05) is 38.1 Å². The number of hydrogen-bond donors (Lipinski definition) is 2. The molecule has 2 atom stereocenters. The van der Waals surface area contributed by atoms with E-state index in [0.29, 0.717) is 17.7 Å². The van der Waals surface area contributed by atoms with E-state index in [1.165, 1.54) is 0 Å². The highest BCUT2D eigenvalue weighted by Gasteiger charge is 2.33. The molecule has 0 radical (unpaired) electrons. The van der Waals surface area contributed by atoms with Crippen molar-refractivity contribution in [3.8, 4) is 0 Å². The molecule has 32 heavy (non-hydrogen) atoms. The maximum Gasteiger partial charge on any atom is 0.269 e. The molecule has 170 valence electrons. The van der Waals surface area contributed by atoms with E-state index in [1.807, 2.05) is 6.07 Å². The second kappa shape index (κ2) is 9.02. The molecular weight excluding hydrogens is 404 g/mol. The molecule has 2 N–H and O–H groups in total. The number of hydrogen-bond acceptors (Lipinski definition) is 6. The summed E-state index contributed by atoms with van der Waals surface area (Å²) in [6.07, 6.45) is 9.19. The van der Waals surface area contributed by atoms with Crippen molar-refractivity contribution in [1.29, 1.82) is 0 Å². The number of nitrogens with one attached hydrogen (secondary N) is 2. The highest BCUT2D eigenvalue weighted by atomic mass is 16.1. The Kier molecular flexibility index (Phi) is 5.95. The zero-order valence-corrected chi connectivity index (χ0v) is 18.8. The van der Waals surface area contributed by atoms with Gasteiger partial charge in [-0.1, -0.05) is 0 Å². The van der Waals surface area contributed by atoms with Crippen LogP contribution in [-0.2, 0) is 12.8 Å². The first-order valence-electron chi connectivity index (χ1n) is 11.9. The Morgan fingerprint density at radius 1 is 1.12 bits per heavy atom. The van der Waals surface area contributed by atoms with Crippen LogP contribution in [0.3, 0.4) is 0 Å². The molecule has 1 amide bonds. The number of carbonyl (C=O) groups excluding carboxylic acids is 1. The lowest BCUT2D eigenvalue weighted by Gasteiger charge is -2.39. The average Bonchev–Trinajstić information content (AvgIpc) is 3.34.